The first-order valence-electron chi connectivity index (χ1n) is 10.7. The first kappa shape index (κ1) is 20.4. The first-order chi connectivity index (χ1) is 13.9. The molecule has 2 aliphatic heterocycles. The van der Waals surface area contributed by atoms with Crippen molar-refractivity contribution in [2.24, 2.45) is 5.92 Å². The zero-order valence-corrected chi connectivity index (χ0v) is 18.1. The molecule has 2 saturated heterocycles. The molecule has 2 fully saturated rings. The molecule has 1 atom stereocenters. The molecule has 7 heteroatoms. The molecule has 3 heterocycles. The second-order valence-electron chi connectivity index (χ2n) is 8.53. The van der Waals surface area contributed by atoms with E-state index in [1.165, 1.54) is 0 Å². The summed E-state index contributed by atoms with van der Waals surface area (Å²) in [5.41, 5.74) is 1.28. The molecule has 1 amide bonds. The number of sulfonamides is 1. The van der Waals surface area contributed by atoms with Crippen molar-refractivity contribution in [1.82, 2.24) is 9.21 Å². The summed E-state index contributed by atoms with van der Waals surface area (Å²) >= 11 is 0. The van der Waals surface area contributed by atoms with Crippen molar-refractivity contribution in [3.05, 3.63) is 29.5 Å². The van der Waals surface area contributed by atoms with Crippen LogP contribution in [0.15, 0.2) is 27.5 Å². The molecule has 2 aliphatic rings. The topological polar surface area (TPSA) is 70.8 Å². The number of likely N-dealkylation sites (tertiary alicyclic amines) is 1. The van der Waals surface area contributed by atoms with E-state index in [4.69, 9.17) is 4.42 Å². The fourth-order valence-electron chi connectivity index (χ4n) is 4.51. The van der Waals surface area contributed by atoms with Gasteiger partial charge in [0, 0.05) is 37.1 Å². The lowest BCUT2D eigenvalue weighted by Gasteiger charge is -2.30. The summed E-state index contributed by atoms with van der Waals surface area (Å²) in [6.07, 6.45) is 6.10. The van der Waals surface area contributed by atoms with E-state index in [0.29, 0.717) is 35.7 Å². The number of nitrogens with zero attached hydrogens (tertiary/aromatic N) is 2. The van der Waals surface area contributed by atoms with Gasteiger partial charge in [-0.1, -0.05) is 19.8 Å². The van der Waals surface area contributed by atoms with Crippen molar-refractivity contribution in [3.63, 3.8) is 0 Å². The SMILES string of the molecule is Cc1c(C(=O)N2CCCC(C)C2)oc2ccc(S(=O)(=O)N3CCCCCC3)cc12. The number of aryl methyl sites for hydroxylation is 1. The molecule has 1 aromatic carbocycles. The predicted octanol–water partition coefficient (Wildman–Crippen LogP) is 4.18. The largest absolute Gasteiger partial charge is 0.451 e. The molecule has 4 rings (SSSR count). The minimum absolute atomic E-state index is 0.0952. The fourth-order valence-corrected chi connectivity index (χ4v) is 6.06. The molecule has 158 valence electrons. The molecule has 2 aromatic rings. The number of fused-ring (bicyclic) bond motifs is 1. The third-order valence-corrected chi connectivity index (χ3v) is 8.14. The Labute approximate surface area is 172 Å². The van der Waals surface area contributed by atoms with Gasteiger partial charge in [-0.15, -0.1) is 0 Å². The van der Waals surface area contributed by atoms with E-state index in [0.717, 1.165) is 57.2 Å². The zero-order chi connectivity index (χ0) is 20.6. The Kier molecular flexibility index (Phi) is 5.71. The van der Waals surface area contributed by atoms with Crippen molar-refractivity contribution in [3.8, 4) is 0 Å². The predicted molar refractivity (Wildman–Crippen MR) is 112 cm³/mol. The monoisotopic (exact) mass is 418 g/mol. The Morgan fingerprint density at radius 3 is 2.48 bits per heavy atom. The molecule has 1 unspecified atom stereocenters. The van der Waals surface area contributed by atoms with Crippen molar-refractivity contribution in [1.29, 1.82) is 0 Å². The van der Waals surface area contributed by atoms with E-state index < -0.39 is 10.0 Å². The minimum atomic E-state index is -3.54. The van der Waals surface area contributed by atoms with E-state index in [-0.39, 0.29) is 10.8 Å². The van der Waals surface area contributed by atoms with Gasteiger partial charge in [0.15, 0.2) is 5.76 Å². The van der Waals surface area contributed by atoms with Gasteiger partial charge in [0.1, 0.15) is 5.58 Å². The number of furan rings is 1. The van der Waals surface area contributed by atoms with Crippen molar-refractivity contribution in [2.45, 2.75) is 57.3 Å². The zero-order valence-electron chi connectivity index (χ0n) is 17.3. The maximum atomic E-state index is 13.1. The fraction of sp³-hybridized carbons (Fsp3) is 0.591. The van der Waals surface area contributed by atoms with Crippen LogP contribution in [0.5, 0.6) is 0 Å². The van der Waals surface area contributed by atoms with Crippen LogP contribution in [0.1, 0.15) is 61.6 Å². The smallest absolute Gasteiger partial charge is 0.289 e. The maximum Gasteiger partial charge on any atom is 0.289 e. The summed E-state index contributed by atoms with van der Waals surface area (Å²) in [6, 6.07) is 4.95. The lowest BCUT2D eigenvalue weighted by Crippen LogP contribution is -2.39. The Bertz CT molecular complexity index is 1000. The molecular weight excluding hydrogens is 388 g/mol. The molecule has 0 bridgehead atoms. The van der Waals surface area contributed by atoms with E-state index in [1.54, 1.807) is 22.5 Å². The van der Waals surface area contributed by atoms with Crippen LogP contribution in [0.3, 0.4) is 0 Å². The second kappa shape index (κ2) is 8.11. The molecular formula is C22H30N2O4S. The van der Waals surface area contributed by atoms with E-state index in [2.05, 4.69) is 6.92 Å². The Morgan fingerprint density at radius 2 is 1.79 bits per heavy atom. The molecule has 29 heavy (non-hydrogen) atoms. The lowest BCUT2D eigenvalue weighted by atomic mass is 10.00. The summed E-state index contributed by atoms with van der Waals surface area (Å²) in [5.74, 6) is 0.725. The minimum Gasteiger partial charge on any atom is -0.451 e. The average Bonchev–Trinajstić information content (AvgIpc) is 2.88. The number of rotatable bonds is 3. The third kappa shape index (κ3) is 3.94. The lowest BCUT2D eigenvalue weighted by molar-refractivity contribution is 0.0652. The maximum absolute atomic E-state index is 13.1. The summed E-state index contributed by atoms with van der Waals surface area (Å²) in [7, 11) is -3.54. The van der Waals surface area contributed by atoms with Crippen LogP contribution in [-0.4, -0.2) is 49.7 Å². The highest BCUT2D eigenvalue weighted by Crippen LogP contribution is 2.31. The van der Waals surface area contributed by atoms with Crippen LogP contribution in [0.2, 0.25) is 0 Å². The number of piperidine rings is 1. The van der Waals surface area contributed by atoms with Crippen LogP contribution in [0, 0.1) is 12.8 Å². The van der Waals surface area contributed by atoms with E-state index in [9.17, 15) is 13.2 Å². The van der Waals surface area contributed by atoms with Gasteiger partial charge in [-0.05, 0) is 56.7 Å². The first-order valence-corrected chi connectivity index (χ1v) is 12.1. The van der Waals surface area contributed by atoms with Gasteiger partial charge < -0.3 is 9.32 Å². The van der Waals surface area contributed by atoms with Crippen LogP contribution < -0.4 is 0 Å². The van der Waals surface area contributed by atoms with Crippen LogP contribution >= 0.6 is 0 Å². The molecule has 1 aromatic heterocycles. The molecule has 6 nitrogen and oxygen atoms in total. The van der Waals surface area contributed by atoms with Gasteiger partial charge in [0.05, 0.1) is 4.90 Å². The van der Waals surface area contributed by atoms with Crippen molar-refractivity contribution < 1.29 is 17.6 Å². The summed E-state index contributed by atoms with van der Waals surface area (Å²) in [5, 5.41) is 0.703. The van der Waals surface area contributed by atoms with Gasteiger partial charge in [-0.3, -0.25) is 4.79 Å². The van der Waals surface area contributed by atoms with E-state index in [1.807, 2.05) is 11.8 Å². The van der Waals surface area contributed by atoms with Gasteiger partial charge in [-0.25, -0.2) is 8.42 Å². The highest BCUT2D eigenvalue weighted by atomic mass is 32.2. The molecule has 0 aliphatic carbocycles. The molecule has 0 N–H and O–H groups in total. The Morgan fingerprint density at radius 1 is 1.07 bits per heavy atom. The normalized spacial score (nSPS) is 22.0. The highest BCUT2D eigenvalue weighted by Gasteiger charge is 2.29. The Balaban J connectivity index is 1.66. The number of hydrogen-bond donors (Lipinski definition) is 0. The van der Waals surface area contributed by atoms with Gasteiger partial charge in [0.2, 0.25) is 10.0 Å². The average molecular weight is 419 g/mol. The quantitative estimate of drug-likeness (QED) is 0.750. The Hall–Kier alpha value is -1.86. The van der Waals surface area contributed by atoms with Crippen molar-refractivity contribution in [2.75, 3.05) is 26.2 Å². The number of hydrogen-bond acceptors (Lipinski definition) is 4. The van der Waals surface area contributed by atoms with Gasteiger partial charge >= 0.3 is 0 Å². The number of amides is 1. The molecule has 0 saturated carbocycles. The van der Waals surface area contributed by atoms with Crippen LogP contribution in [-0.2, 0) is 10.0 Å². The van der Waals surface area contributed by atoms with Gasteiger partial charge in [0.25, 0.3) is 5.91 Å². The summed E-state index contributed by atoms with van der Waals surface area (Å²) in [6.45, 7) is 6.63. The standard InChI is InChI=1S/C22H30N2O4S/c1-16-8-7-11-23(15-16)22(25)21-17(2)19-14-18(9-10-20(19)28-21)29(26,27)24-12-5-3-4-6-13-24/h9-10,14,16H,3-8,11-13,15H2,1-2H3. The van der Waals surface area contributed by atoms with Gasteiger partial charge in [-0.2, -0.15) is 4.31 Å². The molecule has 0 radical (unpaired) electrons. The number of carbonyl (C=O) groups is 1. The number of benzene rings is 1. The number of carbonyl (C=O) groups excluding carboxylic acids is 1. The van der Waals surface area contributed by atoms with E-state index >= 15 is 0 Å². The molecule has 0 spiro atoms. The van der Waals surface area contributed by atoms with Crippen molar-refractivity contribution >= 4 is 26.9 Å². The highest BCUT2D eigenvalue weighted by molar-refractivity contribution is 7.89. The second-order valence-corrected chi connectivity index (χ2v) is 10.5. The summed E-state index contributed by atoms with van der Waals surface area (Å²) < 4.78 is 33.8. The van der Waals surface area contributed by atoms with Crippen LogP contribution in [0.4, 0.5) is 0 Å². The third-order valence-electron chi connectivity index (χ3n) is 6.25. The summed E-state index contributed by atoms with van der Waals surface area (Å²) in [4.78, 5) is 15.1. The van der Waals surface area contributed by atoms with Crippen LogP contribution in [0.25, 0.3) is 11.0 Å².